The van der Waals surface area contributed by atoms with Gasteiger partial charge in [-0.25, -0.2) is 9.59 Å². The van der Waals surface area contributed by atoms with Crippen molar-refractivity contribution in [3.05, 3.63) is 59.2 Å². The average Bonchev–Trinajstić information content (AvgIpc) is 2.64. The molecule has 0 aliphatic rings. The maximum atomic E-state index is 11.7. The van der Waals surface area contributed by atoms with Crippen molar-refractivity contribution in [2.45, 2.75) is 6.92 Å². The van der Waals surface area contributed by atoms with Gasteiger partial charge in [0.1, 0.15) is 24.7 Å². The molecule has 0 atom stereocenters. The summed E-state index contributed by atoms with van der Waals surface area (Å²) >= 11 is 0. The molecule has 0 heterocycles. The van der Waals surface area contributed by atoms with Crippen LogP contribution in [0.3, 0.4) is 0 Å². The minimum absolute atomic E-state index is 0.209. The summed E-state index contributed by atoms with van der Waals surface area (Å²) in [6.45, 7) is 2.53. The van der Waals surface area contributed by atoms with Crippen molar-refractivity contribution in [2.75, 3.05) is 27.4 Å². The first-order chi connectivity index (χ1) is 12.0. The van der Waals surface area contributed by atoms with Crippen LogP contribution in [0.4, 0.5) is 0 Å². The van der Waals surface area contributed by atoms with Crippen LogP contribution in [-0.4, -0.2) is 39.4 Å². The molecule has 132 valence electrons. The van der Waals surface area contributed by atoms with Crippen molar-refractivity contribution in [3.63, 3.8) is 0 Å². The summed E-state index contributed by atoms with van der Waals surface area (Å²) in [6, 6.07) is 12.1. The zero-order chi connectivity index (χ0) is 18.2. The van der Waals surface area contributed by atoms with Gasteiger partial charge in [0.25, 0.3) is 0 Å². The van der Waals surface area contributed by atoms with Gasteiger partial charge in [0, 0.05) is 0 Å². The van der Waals surface area contributed by atoms with Crippen LogP contribution in [0.25, 0.3) is 0 Å². The standard InChI is InChI=1S/C19H20O6/c1-13-6-4-5-7-17(13)25-9-8-24-16-11-14(18(20)22-2)10-15(12-16)19(21)23-3/h4-7,10-12H,8-9H2,1-3H3. The SMILES string of the molecule is COC(=O)c1cc(OCCOc2ccccc2C)cc(C(=O)OC)c1. The smallest absolute Gasteiger partial charge is 0.338 e. The van der Waals surface area contributed by atoms with E-state index in [1.165, 1.54) is 32.4 Å². The summed E-state index contributed by atoms with van der Waals surface area (Å²) in [7, 11) is 2.54. The van der Waals surface area contributed by atoms with Crippen LogP contribution >= 0.6 is 0 Å². The molecule has 0 aromatic heterocycles. The Kier molecular flexibility index (Phi) is 6.39. The number of benzene rings is 2. The molecule has 0 spiro atoms. The molecule has 6 nitrogen and oxygen atoms in total. The molecule has 0 amide bonds. The number of esters is 2. The summed E-state index contributed by atoms with van der Waals surface area (Å²) in [6.07, 6.45) is 0. The second-order valence-electron chi connectivity index (χ2n) is 5.19. The largest absolute Gasteiger partial charge is 0.490 e. The van der Waals surface area contributed by atoms with E-state index in [9.17, 15) is 9.59 Å². The van der Waals surface area contributed by atoms with Gasteiger partial charge < -0.3 is 18.9 Å². The van der Waals surface area contributed by atoms with E-state index < -0.39 is 11.9 Å². The van der Waals surface area contributed by atoms with Crippen LogP contribution in [0, 0.1) is 6.92 Å². The highest BCUT2D eigenvalue weighted by Crippen LogP contribution is 2.20. The number of para-hydroxylation sites is 1. The molecule has 2 rings (SSSR count). The Morgan fingerprint density at radius 2 is 1.40 bits per heavy atom. The van der Waals surface area contributed by atoms with Gasteiger partial charge in [0.2, 0.25) is 0 Å². The number of carbonyl (C=O) groups excluding carboxylic acids is 2. The second-order valence-corrected chi connectivity index (χ2v) is 5.19. The third kappa shape index (κ3) is 4.97. The Labute approximate surface area is 146 Å². The summed E-state index contributed by atoms with van der Waals surface area (Å²) in [5.74, 6) is 0.0138. The highest BCUT2D eigenvalue weighted by atomic mass is 16.5. The minimum Gasteiger partial charge on any atom is -0.490 e. The maximum Gasteiger partial charge on any atom is 0.338 e. The lowest BCUT2D eigenvalue weighted by Crippen LogP contribution is -2.11. The fourth-order valence-corrected chi connectivity index (χ4v) is 2.18. The molecular weight excluding hydrogens is 324 g/mol. The zero-order valence-electron chi connectivity index (χ0n) is 14.4. The fraction of sp³-hybridized carbons (Fsp3) is 0.263. The van der Waals surface area contributed by atoms with Crippen LogP contribution in [-0.2, 0) is 9.47 Å². The zero-order valence-corrected chi connectivity index (χ0v) is 14.4. The van der Waals surface area contributed by atoms with Crippen molar-refractivity contribution >= 4 is 11.9 Å². The lowest BCUT2D eigenvalue weighted by atomic mass is 10.1. The predicted octanol–water partition coefficient (Wildman–Crippen LogP) is 3.03. The van der Waals surface area contributed by atoms with Gasteiger partial charge in [0.15, 0.2) is 0 Å². The maximum absolute atomic E-state index is 11.7. The van der Waals surface area contributed by atoms with Crippen molar-refractivity contribution < 1.29 is 28.5 Å². The van der Waals surface area contributed by atoms with Crippen LogP contribution < -0.4 is 9.47 Å². The molecule has 2 aromatic carbocycles. The molecule has 6 heteroatoms. The number of ether oxygens (including phenoxy) is 4. The molecule has 25 heavy (non-hydrogen) atoms. The van der Waals surface area contributed by atoms with Crippen LogP contribution in [0.2, 0.25) is 0 Å². The third-order valence-electron chi connectivity index (χ3n) is 3.45. The van der Waals surface area contributed by atoms with E-state index in [0.717, 1.165) is 11.3 Å². The molecule has 0 aliphatic heterocycles. The summed E-state index contributed by atoms with van der Waals surface area (Å²) in [5.41, 5.74) is 1.45. The first-order valence-corrected chi connectivity index (χ1v) is 7.68. The molecule has 0 saturated heterocycles. The summed E-state index contributed by atoms with van der Waals surface area (Å²) in [4.78, 5) is 23.5. The van der Waals surface area contributed by atoms with Gasteiger partial charge in [-0.1, -0.05) is 18.2 Å². The van der Waals surface area contributed by atoms with E-state index in [2.05, 4.69) is 9.47 Å². The second kappa shape index (κ2) is 8.73. The molecule has 0 bridgehead atoms. The van der Waals surface area contributed by atoms with Crippen molar-refractivity contribution in [2.24, 2.45) is 0 Å². The van der Waals surface area contributed by atoms with Crippen molar-refractivity contribution in [1.82, 2.24) is 0 Å². The van der Waals surface area contributed by atoms with Gasteiger partial charge in [0.05, 0.1) is 25.3 Å². The van der Waals surface area contributed by atoms with Crippen LogP contribution in [0.15, 0.2) is 42.5 Å². The average molecular weight is 344 g/mol. The normalized spacial score (nSPS) is 10.0. The predicted molar refractivity (Wildman–Crippen MR) is 91.3 cm³/mol. The quantitative estimate of drug-likeness (QED) is 0.568. The molecule has 0 saturated carbocycles. The first-order valence-electron chi connectivity index (χ1n) is 7.68. The number of methoxy groups -OCH3 is 2. The van der Waals surface area contributed by atoms with Gasteiger partial charge in [-0.15, -0.1) is 0 Å². The molecule has 0 N–H and O–H groups in total. The van der Waals surface area contributed by atoms with Gasteiger partial charge in [-0.3, -0.25) is 0 Å². The monoisotopic (exact) mass is 344 g/mol. The van der Waals surface area contributed by atoms with E-state index in [4.69, 9.17) is 9.47 Å². The van der Waals surface area contributed by atoms with Crippen molar-refractivity contribution in [1.29, 1.82) is 0 Å². The van der Waals surface area contributed by atoms with E-state index >= 15 is 0 Å². The third-order valence-corrected chi connectivity index (χ3v) is 3.45. The molecule has 0 aliphatic carbocycles. The molecule has 0 radical (unpaired) electrons. The fourth-order valence-electron chi connectivity index (χ4n) is 2.18. The van der Waals surface area contributed by atoms with Crippen molar-refractivity contribution in [3.8, 4) is 11.5 Å². The Balaban J connectivity index is 2.04. The Morgan fingerprint density at radius 3 is 1.96 bits per heavy atom. The number of hydrogen-bond donors (Lipinski definition) is 0. The van der Waals surface area contributed by atoms with E-state index in [1.54, 1.807) is 0 Å². The molecule has 0 fully saturated rings. The van der Waals surface area contributed by atoms with Crippen LogP contribution in [0.5, 0.6) is 11.5 Å². The topological polar surface area (TPSA) is 71.1 Å². The highest BCUT2D eigenvalue weighted by Gasteiger charge is 2.14. The Hall–Kier alpha value is -3.02. The number of hydrogen-bond acceptors (Lipinski definition) is 6. The Bertz CT molecular complexity index is 719. The van der Waals surface area contributed by atoms with Gasteiger partial charge >= 0.3 is 11.9 Å². The number of carbonyl (C=O) groups is 2. The number of rotatable bonds is 7. The Morgan fingerprint density at radius 1 is 0.840 bits per heavy atom. The molecular formula is C19H20O6. The molecule has 2 aromatic rings. The first kappa shape index (κ1) is 18.3. The van der Waals surface area contributed by atoms with Gasteiger partial charge in [-0.2, -0.15) is 0 Å². The summed E-state index contributed by atoms with van der Waals surface area (Å²) < 4.78 is 20.6. The lowest BCUT2D eigenvalue weighted by molar-refractivity contribution is 0.0598. The van der Waals surface area contributed by atoms with E-state index in [0.29, 0.717) is 12.4 Å². The van der Waals surface area contributed by atoms with Crippen LogP contribution in [0.1, 0.15) is 26.3 Å². The summed E-state index contributed by atoms with van der Waals surface area (Å²) in [5, 5.41) is 0. The number of aryl methyl sites for hydroxylation is 1. The molecule has 0 unspecified atom stereocenters. The minimum atomic E-state index is -0.563. The lowest BCUT2D eigenvalue weighted by Gasteiger charge is -2.12. The van der Waals surface area contributed by atoms with E-state index in [-0.39, 0.29) is 17.7 Å². The highest BCUT2D eigenvalue weighted by molar-refractivity contribution is 5.96. The van der Waals surface area contributed by atoms with E-state index in [1.807, 2.05) is 31.2 Å². The van der Waals surface area contributed by atoms with Gasteiger partial charge in [-0.05, 0) is 36.8 Å².